The number of hydrogen-bond acceptors (Lipinski definition) is 5. The molecule has 156 valence electrons. The molecule has 0 fully saturated rings. The fraction of sp³-hybridized carbons (Fsp3) is 0.786. The van der Waals surface area contributed by atoms with Gasteiger partial charge in [0.2, 0.25) is 5.82 Å². The van der Waals surface area contributed by atoms with Crippen molar-refractivity contribution in [2.24, 2.45) is 7.05 Å². The van der Waals surface area contributed by atoms with E-state index in [9.17, 15) is 14.7 Å². The summed E-state index contributed by atoms with van der Waals surface area (Å²) in [7, 11) is -2.01. The average molecular weight is 465 g/mol. The lowest BCUT2D eigenvalue weighted by Gasteiger charge is -2.37. The highest BCUT2D eigenvalue weighted by molar-refractivity contribution is 7.53. The molecule has 0 N–H and O–H groups in total. The largest absolute Gasteiger partial charge is 0.358 e. The van der Waals surface area contributed by atoms with Crippen LogP contribution in [0.3, 0.4) is 0 Å². The van der Waals surface area contributed by atoms with Gasteiger partial charge in [0.05, 0.1) is 7.05 Å². The minimum absolute atomic E-state index is 0.162. The summed E-state index contributed by atoms with van der Waals surface area (Å²) in [6.45, 7) is 3.29. The molecule has 0 aliphatic heterocycles. The molecule has 1 unspecified atom stereocenters. The maximum atomic E-state index is 13.9. The number of alkyl halides is 3. The van der Waals surface area contributed by atoms with Gasteiger partial charge in [-0.3, -0.25) is 9.09 Å². The van der Waals surface area contributed by atoms with Gasteiger partial charge in [0.15, 0.2) is 0 Å². The Kier molecular flexibility index (Phi) is 11.1. The molecule has 0 aromatic carbocycles. The van der Waals surface area contributed by atoms with Gasteiger partial charge >= 0.3 is 13.5 Å². The highest BCUT2D eigenvalue weighted by Gasteiger charge is 2.38. The van der Waals surface area contributed by atoms with Crippen LogP contribution in [-0.4, -0.2) is 67.6 Å². The van der Waals surface area contributed by atoms with Crippen LogP contribution in [0.1, 0.15) is 19.2 Å². The molecule has 0 saturated heterocycles. The maximum Gasteiger partial charge on any atom is 0.346 e. The zero-order valence-corrected chi connectivity index (χ0v) is 18.6. The first-order valence-electron chi connectivity index (χ1n) is 8.43. The second kappa shape index (κ2) is 12.2. The highest BCUT2D eigenvalue weighted by Crippen LogP contribution is 2.54. The Balaban J connectivity index is 3.16. The van der Waals surface area contributed by atoms with Gasteiger partial charge in [-0.2, -0.15) is 0 Å². The van der Waals surface area contributed by atoms with Gasteiger partial charge in [0.1, 0.15) is 12.8 Å². The number of halogens is 3. The smallest absolute Gasteiger partial charge is 0.346 e. The van der Waals surface area contributed by atoms with Crippen LogP contribution >= 0.6 is 42.5 Å². The predicted octanol–water partition coefficient (Wildman–Crippen LogP) is 3.68. The second-order valence-electron chi connectivity index (χ2n) is 5.59. The van der Waals surface area contributed by atoms with Gasteiger partial charge in [-0.15, -0.1) is 34.8 Å². The molecule has 0 spiro atoms. The van der Waals surface area contributed by atoms with Crippen molar-refractivity contribution in [1.29, 1.82) is 0 Å². The van der Waals surface area contributed by atoms with Gasteiger partial charge < -0.3 is 10.1 Å². The van der Waals surface area contributed by atoms with Crippen molar-refractivity contribution in [3.63, 3.8) is 0 Å². The second-order valence-corrected chi connectivity index (χ2v) is 9.09. The summed E-state index contributed by atoms with van der Waals surface area (Å²) in [5.74, 6) is 0.892. The Labute approximate surface area is 174 Å². The molecule has 0 amide bonds. The molecule has 9 nitrogen and oxygen atoms in total. The van der Waals surface area contributed by atoms with Gasteiger partial charge in [-0.25, -0.2) is 18.9 Å². The molecule has 0 aliphatic carbocycles. The molecule has 27 heavy (non-hydrogen) atoms. The number of nitrogens with zero attached hydrogens (tertiary/aromatic N) is 5. The molecule has 1 atom stereocenters. The standard InChI is InChI=1S/C14H25Cl3N5O4P/c1-3-7-20(8-4-15)27(25,21(9-5-16)10-6-17)26-12-13-18-11-14(19(13)2)22(23)24/h11H,3-10,12H2,1-2H3. The molecule has 1 heterocycles. The SMILES string of the molecule is CCCN(CCCl)P(=O)(OCc1ncc([N+](=O)[O-])n1C)N(CCCl)CCCl. The van der Waals surface area contributed by atoms with Crippen LogP contribution in [0.5, 0.6) is 0 Å². The van der Waals surface area contributed by atoms with E-state index in [1.165, 1.54) is 11.6 Å². The van der Waals surface area contributed by atoms with E-state index in [4.69, 9.17) is 39.3 Å². The predicted molar refractivity (Wildman–Crippen MR) is 108 cm³/mol. The normalized spacial score (nSPS) is 14.0. The Morgan fingerprint density at radius 2 is 1.70 bits per heavy atom. The zero-order valence-electron chi connectivity index (χ0n) is 15.4. The van der Waals surface area contributed by atoms with E-state index in [0.29, 0.717) is 32.0 Å². The van der Waals surface area contributed by atoms with Crippen molar-refractivity contribution in [3.8, 4) is 0 Å². The van der Waals surface area contributed by atoms with Gasteiger partial charge in [0, 0.05) is 43.8 Å². The van der Waals surface area contributed by atoms with E-state index in [0.717, 1.165) is 12.6 Å². The summed E-state index contributed by atoms with van der Waals surface area (Å²) in [6.07, 6.45) is 1.88. The number of hydrogen-bond donors (Lipinski definition) is 0. The fourth-order valence-electron chi connectivity index (χ4n) is 2.51. The molecule has 0 radical (unpaired) electrons. The molecule has 0 bridgehead atoms. The van der Waals surface area contributed by atoms with Gasteiger partial charge in [0.25, 0.3) is 0 Å². The van der Waals surface area contributed by atoms with Crippen molar-refractivity contribution in [2.45, 2.75) is 20.0 Å². The van der Waals surface area contributed by atoms with Crippen molar-refractivity contribution >= 4 is 48.3 Å². The number of rotatable bonds is 14. The number of imidazole rings is 1. The summed E-state index contributed by atoms with van der Waals surface area (Å²) >= 11 is 17.7. The first kappa shape index (κ1) is 24.6. The monoisotopic (exact) mass is 463 g/mol. The topological polar surface area (TPSA) is 93.7 Å². The Morgan fingerprint density at radius 3 is 2.11 bits per heavy atom. The first-order chi connectivity index (χ1) is 12.8. The molecule has 1 aromatic rings. The third kappa shape index (κ3) is 6.56. The van der Waals surface area contributed by atoms with Crippen molar-refractivity contribution in [2.75, 3.05) is 43.8 Å². The first-order valence-corrected chi connectivity index (χ1v) is 11.6. The lowest BCUT2D eigenvalue weighted by molar-refractivity contribution is -0.391. The van der Waals surface area contributed by atoms with Gasteiger partial charge in [-0.05, 0) is 11.3 Å². The summed E-state index contributed by atoms with van der Waals surface area (Å²) in [4.78, 5) is 14.4. The summed E-state index contributed by atoms with van der Waals surface area (Å²) in [6, 6.07) is 0. The van der Waals surface area contributed by atoms with E-state index in [1.54, 1.807) is 9.34 Å². The van der Waals surface area contributed by atoms with Crippen LogP contribution in [0.2, 0.25) is 0 Å². The third-order valence-corrected chi connectivity index (χ3v) is 7.04. The van der Waals surface area contributed by atoms with Crippen LogP contribution < -0.4 is 0 Å². The summed E-state index contributed by atoms with van der Waals surface area (Å²) in [5.41, 5.74) is 0. The number of aromatic nitrogens is 2. The molecular formula is C14H25Cl3N5O4P. The van der Waals surface area contributed by atoms with Crippen LogP contribution in [0.15, 0.2) is 6.20 Å². The fourth-order valence-corrected chi connectivity index (χ4v) is 5.95. The molecule has 1 rings (SSSR count). The summed E-state index contributed by atoms with van der Waals surface area (Å²) in [5, 5.41) is 11.0. The van der Waals surface area contributed by atoms with E-state index in [-0.39, 0.29) is 30.1 Å². The average Bonchev–Trinajstić information content (AvgIpc) is 3.00. The third-order valence-electron chi connectivity index (χ3n) is 3.83. The number of nitro groups is 1. The minimum Gasteiger partial charge on any atom is -0.358 e. The van der Waals surface area contributed by atoms with Crippen LogP contribution in [0.25, 0.3) is 0 Å². The zero-order chi connectivity index (χ0) is 20.4. The van der Waals surface area contributed by atoms with Crippen molar-refractivity contribution < 1.29 is 14.0 Å². The Bertz CT molecular complexity index is 616. The highest BCUT2D eigenvalue weighted by atomic mass is 35.5. The molecule has 0 aliphatic rings. The molecular weight excluding hydrogens is 440 g/mol. The maximum absolute atomic E-state index is 13.9. The minimum atomic E-state index is -3.52. The Hall–Kier alpha value is -0.410. The quantitative estimate of drug-likeness (QED) is 0.179. The van der Waals surface area contributed by atoms with E-state index in [2.05, 4.69) is 4.98 Å². The van der Waals surface area contributed by atoms with E-state index >= 15 is 0 Å². The molecule has 0 saturated carbocycles. The van der Waals surface area contributed by atoms with Crippen LogP contribution in [-0.2, 0) is 22.7 Å². The molecule has 13 heteroatoms. The van der Waals surface area contributed by atoms with Crippen molar-refractivity contribution in [1.82, 2.24) is 18.9 Å². The lowest BCUT2D eigenvalue weighted by atomic mass is 10.5. The van der Waals surface area contributed by atoms with Crippen LogP contribution in [0.4, 0.5) is 5.82 Å². The van der Waals surface area contributed by atoms with Gasteiger partial charge in [-0.1, -0.05) is 6.92 Å². The summed E-state index contributed by atoms with van der Waals surface area (Å²) < 4.78 is 24.3. The van der Waals surface area contributed by atoms with E-state index < -0.39 is 12.6 Å². The van der Waals surface area contributed by atoms with Crippen LogP contribution in [0, 0.1) is 10.1 Å². The van der Waals surface area contributed by atoms with Crippen molar-refractivity contribution in [3.05, 3.63) is 22.1 Å². The van der Waals surface area contributed by atoms with E-state index in [1.807, 2.05) is 6.92 Å². The molecule has 1 aromatic heterocycles. The lowest BCUT2D eigenvalue weighted by Crippen LogP contribution is -2.37. The Morgan fingerprint density at radius 1 is 1.19 bits per heavy atom.